The minimum atomic E-state index is 0.432. The Balaban J connectivity index is 2.08. The molecule has 0 saturated heterocycles. The number of ether oxygens (including phenoxy) is 1. The number of hydrogen-bond acceptors (Lipinski definition) is 2. The van der Waals surface area contributed by atoms with Gasteiger partial charge in [-0.1, -0.05) is 23.7 Å². The molecule has 0 fully saturated rings. The number of carbonyl (C=O) groups is 1. The first kappa shape index (κ1) is 11.7. The summed E-state index contributed by atoms with van der Waals surface area (Å²) in [7, 11) is 0. The molecule has 86 valence electrons. The van der Waals surface area contributed by atoms with Crippen molar-refractivity contribution in [1.29, 1.82) is 0 Å². The van der Waals surface area contributed by atoms with Gasteiger partial charge in [-0.3, -0.25) is 0 Å². The lowest BCUT2D eigenvalue weighted by Crippen LogP contribution is -1.87. The number of hydrogen-bond donors (Lipinski definition) is 0. The van der Waals surface area contributed by atoms with Gasteiger partial charge in [0.05, 0.1) is 0 Å². The molecular formula is C14H11ClO2. The molecule has 2 nitrogen and oxygen atoms in total. The molecule has 0 bridgehead atoms. The van der Waals surface area contributed by atoms with Gasteiger partial charge in [0.1, 0.15) is 17.8 Å². The van der Waals surface area contributed by atoms with Crippen LogP contribution in [-0.2, 0) is 11.2 Å². The first-order valence-corrected chi connectivity index (χ1v) is 5.62. The van der Waals surface area contributed by atoms with E-state index in [2.05, 4.69) is 0 Å². The summed E-state index contributed by atoms with van der Waals surface area (Å²) in [5, 5.41) is 0.679. The average molecular weight is 247 g/mol. The first-order chi connectivity index (χ1) is 8.28. The van der Waals surface area contributed by atoms with Crippen LogP contribution in [0.4, 0.5) is 0 Å². The van der Waals surface area contributed by atoms with Gasteiger partial charge >= 0.3 is 0 Å². The Hall–Kier alpha value is -1.80. The van der Waals surface area contributed by atoms with Crippen molar-refractivity contribution in [2.45, 2.75) is 6.42 Å². The maximum atomic E-state index is 10.3. The Bertz CT molecular complexity index is 489. The van der Waals surface area contributed by atoms with E-state index in [-0.39, 0.29) is 0 Å². The number of aldehydes is 1. The van der Waals surface area contributed by atoms with Crippen molar-refractivity contribution in [3.8, 4) is 11.5 Å². The summed E-state index contributed by atoms with van der Waals surface area (Å²) in [6.45, 7) is 0. The van der Waals surface area contributed by atoms with E-state index in [9.17, 15) is 4.79 Å². The molecule has 0 N–H and O–H groups in total. The molecule has 2 aromatic carbocycles. The van der Waals surface area contributed by atoms with Crippen LogP contribution in [0.3, 0.4) is 0 Å². The number of carbonyl (C=O) groups excluding carboxylic acids is 1. The molecule has 2 aromatic rings. The van der Waals surface area contributed by atoms with Crippen molar-refractivity contribution in [3.05, 3.63) is 59.1 Å². The highest BCUT2D eigenvalue weighted by atomic mass is 35.5. The van der Waals surface area contributed by atoms with Crippen molar-refractivity contribution >= 4 is 17.9 Å². The molecule has 0 aliphatic rings. The summed E-state index contributed by atoms with van der Waals surface area (Å²) in [6, 6.07) is 14.6. The summed E-state index contributed by atoms with van der Waals surface area (Å²) in [4.78, 5) is 10.3. The lowest BCUT2D eigenvalue weighted by Gasteiger charge is -2.06. The Morgan fingerprint density at radius 2 is 1.47 bits per heavy atom. The zero-order valence-corrected chi connectivity index (χ0v) is 9.85. The molecule has 0 heterocycles. The van der Waals surface area contributed by atoms with Gasteiger partial charge in [0.25, 0.3) is 0 Å². The second kappa shape index (κ2) is 5.51. The van der Waals surface area contributed by atoms with Crippen LogP contribution in [0.5, 0.6) is 11.5 Å². The van der Waals surface area contributed by atoms with E-state index in [0.29, 0.717) is 11.4 Å². The summed E-state index contributed by atoms with van der Waals surface area (Å²) in [6.07, 6.45) is 1.32. The van der Waals surface area contributed by atoms with E-state index < -0.39 is 0 Å². The summed E-state index contributed by atoms with van der Waals surface area (Å²) in [5.41, 5.74) is 0.975. The van der Waals surface area contributed by atoms with Crippen LogP contribution in [0.1, 0.15) is 5.56 Å². The quantitative estimate of drug-likeness (QED) is 0.766. The monoisotopic (exact) mass is 246 g/mol. The molecule has 0 radical (unpaired) electrons. The van der Waals surface area contributed by atoms with Crippen LogP contribution in [-0.4, -0.2) is 6.29 Å². The van der Waals surface area contributed by atoms with Crippen molar-refractivity contribution in [3.63, 3.8) is 0 Å². The summed E-state index contributed by atoms with van der Waals surface area (Å²) >= 11 is 5.78. The van der Waals surface area contributed by atoms with Gasteiger partial charge in [-0.05, 0) is 42.0 Å². The van der Waals surface area contributed by atoms with E-state index in [1.807, 2.05) is 36.4 Å². The minimum Gasteiger partial charge on any atom is -0.457 e. The number of rotatable bonds is 4. The van der Waals surface area contributed by atoms with E-state index in [4.69, 9.17) is 16.3 Å². The van der Waals surface area contributed by atoms with E-state index in [1.165, 1.54) is 0 Å². The van der Waals surface area contributed by atoms with Crippen molar-refractivity contribution in [2.75, 3.05) is 0 Å². The van der Waals surface area contributed by atoms with Crippen molar-refractivity contribution in [2.24, 2.45) is 0 Å². The second-order valence-electron chi connectivity index (χ2n) is 3.57. The van der Waals surface area contributed by atoms with Gasteiger partial charge in [-0.15, -0.1) is 0 Å². The van der Waals surface area contributed by atoms with Crippen LogP contribution in [0.25, 0.3) is 0 Å². The van der Waals surface area contributed by atoms with Gasteiger partial charge in [0.2, 0.25) is 0 Å². The van der Waals surface area contributed by atoms with Gasteiger partial charge in [0.15, 0.2) is 0 Å². The lowest BCUT2D eigenvalue weighted by molar-refractivity contribution is -0.107. The smallest absolute Gasteiger partial charge is 0.127 e. The Labute approximate surface area is 105 Å². The van der Waals surface area contributed by atoms with Gasteiger partial charge < -0.3 is 9.53 Å². The molecule has 0 aromatic heterocycles. The molecule has 2 rings (SSSR count). The van der Waals surface area contributed by atoms with Crippen LogP contribution < -0.4 is 4.74 Å². The predicted molar refractivity (Wildman–Crippen MR) is 67.7 cm³/mol. The fraction of sp³-hybridized carbons (Fsp3) is 0.0714. The Morgan fingerprint density at radius 3 is 2.00 bits per heavy atom. The van der Waals surface area contributed by atoms with Crippen LogP contribution in [0, 0.1) is 0 Å². The highest BCUT2D eigenvalue weighted by Crippen LogP contribution is 2.23. The normalized spacial score (nSPS) is 9.94. The third kappa shape index (κ3) is 3.33. The lowest BCUT2D eigenvalue weighted by atomic mass is 10.2. The van der Waals surface area contributed by atoms with Gasteiger partial charge in [0, 0.05) is 11.4 Å². The maximum absolute atomic E-state index is 10.3. The predicted octanol–water partition coefficient (Wildman–Crippen LogP) is 3.87. The molecule has 0 aliphatic carbocycles. The largest absolute Gasteiger partial charge is 0.457 e. The van der Waals surface area contributed by atoms with Crippen LogP contribution >= 0.6 is 11.6 Å². The highest BCUT2D eigenvalue weighted by Gasteiger charge is 1.98. The van der Waals surface area contributed by atoms with E-state index >= 15 is 0 Å². The summed E-state index contributed by atoms with van der Waals surface area (Å²) < 4.78 is 5.62. The second-order valence-corrected chi connectivity index (χ2v) is 4.01. The van der Waals surface area contributed by atoms with Crippen molar-refractivity contribution in [1.82, 2.24) is 0 Å². The van der Waals surface area contributed by atoms with Crippen LogP contribution in [0.15, 0.2) is 48.5 Å². The highest BCUT2D eigenvalue weighted by molar-refractivity contribution is 6.30. The number of halogens is 1. The first-order valence-electron chi connectivity index (χ1n) is 5.24. The Morgan fingerprint density at radius 1 is 0.941 bits per heavy atom. The van der Waals surface area contributed by atoms with Crippen LogP contribution in [0.2, 0.25) is 5.02 Å². The molecule has 0 saturated carbocycles. The topological polar surface area (TPSA) is 26.3 Å². The molecule has 0 spiro atoms. The fourth-order valence-corrected chi connectivity index (χ4v) is 1.55. The van der Waals surface area contributed by atoms with E-state index in [0.717, 1.165) is 23.3 Å². The SMILES string of the molecule is O=CCc1ccc(Oc2ccc(Cl)cc2)cc1. The zero-order valence-electron chi connectivity index (χ0n) is 9.10. The van der Waals surface area contributed by atoms with Gasteiger partial charge in [-0.2, -0.15) is 0 Å². The van der Waals surface area contributed by atoms with Crippen molar-refractivity contribution < 1.29 is 9.53 Å². The average Bonchev–Trinajstić information content (AvgIpc) is 2.35. The third-order valence-electron chi connectivity index (χ3n) is 2.29. The molecule has 3 heteroatoms. The van der Waals surface area contributed by atoms with E-state index in [1.54, 1.807) is 12.1 Å². The fourth-order valence-electron chi connectivity index (χ4n) is 1.43. The molecule has 17 heavy (non-hydrogen) atoms. The van der Waals surface area contributed by atoms with Gasteiger partial charge in [-0.25, -0.2) is 0 Å². The minimum absolute atomic E-state index is 0.432. The standard InChI is InChI=1S/C14H11ClO2/c15-12-3-7-14(8-4-12)17-13-5-1-11(2-6-13)9-10-16/h1-8,10H,9H2. The molecule has 0 aliphatic heterocycles. The Kier molecular flexibility index (Phi) is 3.78. The molecule has 0 atom stereocenters. The molecule has 0 amide bonds. The maximum Gasteiger partial charge on any atom is 0.127 e. The third-order valence-corrected chi connectivity index (χ3v) is 2.54. The number of benzene rings is 2. The molecular weight excluding hydrogens is 236 g/mol. The molecule has 0 unspecified atom stereocenters. The summed E-state index contributed by atoms with van der Waals surface area (Å²) in [5.74, 6) is 1.47. The zero-order chi connectivity index (χ0) is 12.1.